The van der Waals surface area contributed by atoms with Crippen molar-refractivity contribution in [3.63, 3.8) is 0 Å². The Kier molecular flexibility index (Phi) is 9.60. The minimum absolute atomic E-state index is 0.129. The van der Waals surface area contributed by atoms with Crippen LogP contribution in [0.2, 0.25) is 0 Å². The van der Waals surface area contributed by atoms with Crippen molar-refractivity contribution in [2.45, 2.75) is 65.1 Å². The van der Waals surface area contributed by atoms with Gasteiger partial charge < -0.3 is 14.3 Å². The van der Waals surface area contributed by atoms with Crippen molar-refractivity contribution in [1.29, 1.82) is 0 Å². The normalized spacial score (nSPS) is 24.0. The van der Waals surface area contributed by atoms with Crippen LogP contribution in [0.4, 0.5) is 0 Å². The van der Waals surface area contributed by atoms with Gasteiger partial charge in [-0.2, -0.15) is 0 Å². The van der Waals surface area contributed by atoms with Gasteiger partial charge in [-0.3, -0.25) is 0 Å². The smallest absolute Gasteiger partial charge is 0.166 e. The van der Waals surface area contributed by atoms with Crippen LogP contribution in [0.25, 0.3) is 0 Å². The molecule has 21 heavy (non-hydrogen) atoms. The number of carbonyl (C=O) groups is 1. The minimum atomic E-state index is -0.366. The highest BCUT2D eigenvalue weighted by molar-refractivity contribution is 5.54. The maximum atomic E-state index is 11.3. The average molecular weight is 296 g/mol. The number of hydrogen-bond acceptors (Lipinski definition) is 3. The van der Waals surface area contributed by atoms with Crippen LogP contribution in [0, 0.1) is 17.8 Å². The maximum absolute atomic E-state index is 11.3. The van der Waals surface area contributed by atoms with E-state index in [1.165, 1.54) is 25.7 Å². The number of ether oxygens (including phenoxy) is 2. The summed E-state index contributed by atoms with van der Waals surface area (Å²) in [6.07, 6.45) is 11.0. The molecule has 0 radical (unpaired) electrons. The summed E-state index contributed by atoms with van der Waals surface area (Å²) in [5, 5.41) is 0. The van der Waals surface area contributed by atoms with Crippen LogP contribution < -0.4 is 0 Å². The molecule has 3 heteroatoms. The van der Waals surface area contributed by atoms with Gasteiger partial charge in [-0.25, -0.2) is 0 Å². The molecule has 0 aliphatic heterocycles. The maximum Gasteiger partial charge on any atom is 0.166 e. The fourth-order valence-electron chi connectivity index (χ4n) is 3.31. The molecule has 1 rings (SSSR count). The number of allylic oxidation sites excluding steroid dienone is 1. The van der Waals surface area contributed by atoms with Crippen molar-refractivity contribution in [1.82, 2.24) is 0 Å². The number of rotatable bonds is 11. The summed E-state index contributed by atoms with van der Waals surface area (Å²) in [5.74, 6) is 1.47. The third-order valence-electron chi connectivity index (χ3n) is 4.56. The lowest BCUT2D eigenvalue weighted by molar-refractivity contribution is -0.170. The lowest BCUT2D eigenvalue weighted by Gasteiger charge is -2.29. The summed E-state index contributed by atoms with van der Waals surface area (Å²) in [6, 6.07) is 0. The first-order chi connectivity index (χ1) is 10.2. The van der Waals surface area contributed by atoms with Gasteiger partial charge in [0, 0.05) is 13.2 Å². The van der Waals surface area contributed by atoms with E-state index in [-0.39, 0.29) is 12.2 Å². The predicted molar refractivity (Wildman–Crippen MR) is 86.1 cm³/mol. The van der Waals surface area contributed by atoms with Gasteiger partial charge in [0.05, 0.1) is 5.92 Å². The number of carbonyl (C=O) groups excluding carboxylic acids is 1. The van der Waals surface area contributed by atoms with E-state index in [4.69, 9.17) is 9.47 Å². The molecular formula is C18H32O3. The third kappa shape index (κ3) is 6.75. The van der Waals surface area contributed by atoms with E-state index in [9.17, 15) is 4.79 Å². The molecule has 0 saturated heterocycles. The van der Waals surface area contributed by atoms with E-state index in [1.807, 2.05) is 19.9 Å². The van der Waals surface area contributed by atoms with Crippen molar-refractivity contribution >= 4 is 6.29 Å². The van der Waals surface area contributed by atoms with Crippen LogP contribution in [0.5, 0.6) is 0 Å². The van der Waals surface area contributed by atoms with E-state index in [0.29, 0.717) is 13.2 Å². The second-order valence-corrected chi connectivity index (χ2v) is 6.07. The van der Waals surface area contributed by atoms with Gasteiger partial charge in [-0.05, 0) is 57.8 Å². The lowest BCUT2D eigenvalue weighted by Crippen LogP contribution is -2.29. The van der Waals surface area contributed by atoms with Crippen LogP contribution in [0.15, 0.2) is 12.7 Å². The third-order valence-corrected chi connectivity index (χ3v) is 4.56. The zero-order valence-corrected chi connectivity index (χ0v) is 13.8. The molecule has 0 aromatic heterocycles. The standard InChI is InChI=1S/C18H32O3/c1-4-7-15-8-10-16(11-9-15)12-13-17(14-19)18(20-5-2)21-6-3/h4,14-18H,1,5-13H2,2-3H3. The molecule has 1 atom stereocenters. The molecule has 0 aromatic carbocycles. The summed E-state index contributed by atoms with van der Waals surface area (Å²) >= 11 is 0. The molecule has 0 heterocycles. The van der Waals surface area contributed by atoms with E-state index in [0.717, 1.165) is 37.4 Å². The van der Waals surface area contributed by atoms with Crippen molar-refractivity contribution < 1.29 is 14.3 Å². The van der Waals surface area contributed by atoms with E-state index < -0.39 is 0 Å². The zero-order valence-electron chi connectivity index (χ0n) is 13.8. The Morgan fingerprint density at radius 1 is 1.10 bits per heavy atom. The molecule has 122 valence electrons. The van der Waals surface area contributed by atoms with Gasteiger partial charge in [0.25, 0.3) is 0 Å². The van der Waals surface area contributed by atoms with Crippen molar-refractivity contribution in [3.05, 3.63) is 12.7 Å². The van der Waals surface area contributed by atoms with Gasteiger partial charge in [0.2, 0.25) is 0 Å². The second kappa shape index (κ2) is 11.0. The molecule has 0 amide bonds. The molecule has 3 nitrogen and oxygen atoms in total. The van der Waals surface area contributed by atoms with Crippen LogP contribution in [0.1, 0.15) is 58.8 Å². The highest BCUT2D eigenvalue weighted by Gasteiger charge is 2.25. The Hall–Kier alpha value is -0.670. The monoisotopic (exact) mass is 296 g/mol. The quantitative estimate of drug-likeness (QED) is 0.323. The summed E-state index contributed by atoms with van der Waals surface area (Å²) in [4.78, 5) is 11.3. The number of aldehydes is 1. The Morgan fingerprint density at radius 3 is 2.14 bits per heavy atom. The fourth-order valence-corrected chi connectivity index (χ4v) is 3.31. The second-order valence-electron chi connectivity index (χ2n) is 6.07. The van der Waals surface area contributed by atoms with E-state index >= 15 is 0 Å². The first kappa shape index (κ1) is 18.4. The van der Waals surface area contributed by atoms with Gasteiger partial charge in [-0.15, -0.1) is 6.58 Å². The van der Waals surface area contributed by atoms with Gasteiger partial charge >= 0.3 is 0 Å². The van der Waals surface area contributed by atoms with Crippen LogP contribution in [0.3, 0.4) is 0 Å². The molecule has 1 aliphatic rings. The van der Waals surface area contributed by atoms with E-state index in [1.54, 1.807) is 0 Å². The Labute approximate surface area is 130 Å². The van der Waals surface area contributed by atoms with Crippen molar-refractivity contribution in [2.24, 2.45) is 17.8 Å². The fraction of sp³-hybridized carbons (Fsp3) is 0.833. The Bertz CT molecular complexity index is 276. The van der Waals surface area contributed by atoms with Crippen LogP contribution in [-0.2, 0) is 14.3 Å². The van der Waals surface area contributed by atoms with E-state index in [2.05, 4.69) is 6.58 Å². The molecule has 1 fully saturated rings. The Morgan fingerprint density at radius 2 is 1.67 bits per heavy atom. The SMILES string of the molecule is C=CCC1CCC(CCC(C=O)C(OCC)OCC)CC1. The first-order valence-corrected chi connectivity index (χ1v) is 8.54. The summed E-state index contributed by atoms with van der Waals surface area (Å²) in [5.41, 5.74) is 0. The van der Waals surface area contributed by atoms with Gasteiger partial charge in [0.15, 0.2) is 6.29 Å². The summed E-state index contributed by atoms with van der Waals surface area (Å²) in [6.45, 7) is 8.88. The summed E-state index contributed by atoms with van der Waals surface area (Å²) < 4.78 is 11.1. The Balaban J connectivity index is 2.34. The summed E-state index contributed by atoms with van der Waals surface area (Å²) in [7, 11) is 0. The molecule has 1 saturated carbocycles. The first-order valence-electron chi connectivity index (χ1n) is 8.54. The van der Waals surface area contributed by atoms with Crippen molar-refractivity contribution in [2.75, 3.05) is 13.2 Å². The molecular weight excluding hydrogens is 264 g/mol. The molecule has 0 spiro atoms. The van der Waals surface area contributed by atoms with Crippen LogP contribution in [-0.4, -0.2) is 25.8 Å². The van der Waals surface area contributed by atoms with Gasteiger partial charge in [0.1, 0.15) is 6.29 Å². The largest absolute Gasteiger partial charge is 0.352 e. The average Bonchev–Trinajstić information content (AvgIpc) is 2.50. The van der Waals surface area contributed by atoms with Crippen LogP contribution >= 0.6 is 0 Å². The zero-order chi connectivity index (χ0) is 15.5. The molecule has 0 bridgehead atoms. The topological polar surface area (TPSA) is 35.5 Å². The van der Waals surface area contributed by atoms with Gasteiger partial charge in [-0.1, -0.05) is 18.9 Å². The highest BCUT2D eigenvalue weighted by atomic mass is 16.7. The highest BCUT2D eigenvalue weighted by Crippen LogP contribution is 2.34. The minimum Gasteiger partial charge on any atom is -0.352 e. The molecule has 1 unspecified atom stereocenters. The molecule has 0 N–H and O–H groups in total. The lowest BCUT2D eigenvalue weighted by atomic mass is 9.78. The molecule has 0 aromatic rings. The predicted octanol–water partition coefficient (Wildman–Crippen LogP) is 4.36. The number of hydrogen-bond donors (Lipinski definition) is 0. The molecule has 1 aliphatic carbocycles. The van der Waals surface area contributed by atoms with Crippen molar-refractivity contribution in [3.8, 4) is 0 Å².